The van der Waals surface area contributed by atoms with E-state index in [2.05, 4.69) is 10.6 Å². The van der Waals surface area contributed by atoms with Crippen LogP contribution in [0.15, 0.2) is 30.3 Å². The molecule has 5 heteroatoms. The first-order chi connectivity index (χ1) is 9.66. The van der Waals surface area contributed by atoms with E-state index in [0.717, 1.165) is 31.2 Å². The summed E-state index contributed by atoms with van der Waals surface area (Å²) in [6.45, 7) is -0.123. The van der Waals surface area contributed by atoms with Gasteiger partial charge in [0.1, 0.15) is 0 Å². The first kappa shape index (κ1) is 14.5. The molecule has 0 radical (unpaired) electrons. The molecule has 1 fully saturated rings. The second-order valence-corrected chi connectivity index (χ2v) is 5.18. The van der Waals surface area contributed by atoms with Crippen molar-refractivity contribution >= 4 is 11.8 Å². The van der Waals surface area contributed by atoms with Crippen molar-refractivity contribution in [2.45, 2.75) is 31.2 Å². The summed E-state index contributed by atoms with van der Waals surface area (Å²) in [5, 5.41) is 5.59. The van der Waals surface area contributed by atoms with E-state index in [4.69, 9.17) is 5.73 Å². The molecule has 0 heterocycles. The van der Waals surface area contributed by atoms with Crippen LogP contribution in [0.1, 0.15) is 31.2 Å². The minimum atomic E-state index is -0.319. The van der Waals surface area contributed by atoms with Gasteiger partial charge < -0.3 is 16.4 Å². The first-order valence-corrected chi connectivity index (χ1v) is 6.99. The monoisotopic (exact) mass is 275 g/mol. The number of nitrogens with one attached hydrogen (secondary N) is 2. The van der Waals surface area contributed by atoms with E-state index in [0.29, 0.717) is 0 Å². The highest BCUT2D eigenvalue weighted by Gasteiger charge is 2.36. The zero-order valence-corrected chi connectivity index (χ0v) is 11.5. The Hall–Kier alpha value is -1.88. The van der Waals surface area contributed by atoms with Gasteiger partial charge in [-0.1, -0.05) is 43.2 Å². The molecule has 1 aliphatic carbocycles. The van der Waals surface area contributed by atoms with Crippen molar-refractivity contribution in [1.29, 1.82) is 0 Å². The van der Waals surface area contributed by atoms with E-state index in [-0.39, 0.29) is 30.4 Å². The van der Waals surface area contributed by atoms with Crippen molar-refractivity contribution < 1.29 is 9.59 Å². The highest BCUT2D eigenvalue weighted by molar-refractivity contribution is 5.85. The summed E-state index contributed by atoms with van der Waals surface area (Å²) in [6, 6.07) is 10.0. The maximum absolute atomic E-state index is 12.0. The second kappa shape index (κ2) is 6.52. The molecule has 1 aromatic carbocycles. The van der Waals surface area contributed by atoms with E-state index >= 15 is 0 Å². The van der Waals surface area contributed by atoms with Crippen LogP contribution in [0, 0.1) is 0 Å². The summed E-state index contributed by atoms with van der Waals surface area (Å²) in [6.07, 6.45) is 4.08. The summed E-state index contributed by atoms with van der Waals surface area (Å²) in [5.74, 6) is -0.488. The van der Waals surface area contributed by atoms with Gasteiger partial charge in [0, 0.05) is 0 Å². The average Bonchev–Trinajstić information content (AvgIpc) is 2.95. The molecule has 1 saturated carbocycles. The van der Waals surface area contributed by atoms with Crippen molar-refractivity contribution in [2.24, 2.45) is 5.73 Å². The fraction of sp³-hybridized carbons (Fsp3) is 0.467. The van der Waals surface area contributed by atoms with Gasteiger partial charge in [-0.15, -0.1) is 0 Å². The Balaban J connectivity index is 2.03. The molecule has 0 aliphatic heterocycles. The molecule has 0 aromatic heterocycles. The molecule has 2 amide bonds. The molecule has 1 aliphatic rings. The molecule has 0 saturated heterocycles. The van der Waals surface area contributed by atoms with E-state index < -0.39 is 0 Å². The molecule has 1 aromatic rings. The third-order valence-corrected chi connectivity index (χ3v) is 3.79. The van der Waals surface area contributed by atoms with Crippen LogP contribution in [0.25, 0.3) is 0 Å². The molecule has 0 spiro atoms. The molecule has 4 N–H and O–H groups in total. The summed E-state index contributed by atoms with van der Waals surface area (Å²) >= 11 is 0. The molecular formula is C15H21N3O2. The topological polar surface area (TPSA) is 84.2 Å². The average molecular weight is 275 g/mol. The first-order valence-electron chi connectivity index (χ1n) is 6.99. The Kier molecular flexibility index (Phi) is 4.74. The second-order valence-electron chi connectivity index (χ2n) is 5.18. The Bertz CT molecular complexity index is 467. The Morgan fingerprint density at radius 3 is 2.35 bits per heavy atom. The number of benzene rings is 1. The van der Waals surface area contributed by atoms with Gasteiger partial charge in [-0.25, -0.2) is 0 Å². The Morgan fingerprint density at radius 2 is 1.75 bits per heavy atom. The van der Waals surface area contributed by atoms with Crippen LogP contribution in [0.3, 0.4) is 0 Å². The number of carbonyl (C=O) groups excluding carboxylic acids is 2. The quantitative estimate of drug-likeness (QED) is 0.737. The standard InChI is InChI=1S/C15H21N3O2/c16-10-13(19)17-11-14(20)18-15(8-4-5-9-15)12-6-2-1-3-7-12/h1-3,6-7H,4-5,8-11,16H2,(H,17,19)(H,18,20). The minimum Gasteiger partial charge on any atom is -0.346 e. The molecule has 108 valence electrons. The normalized spacial score (nSPS) is 16.6. The predicted molar refractivity (Wildman–Crippen MR) is 76.8 cm³/mol. The number of hydrogen-bond donors (Lipinski definition) is 3. The maximum Gasteiger partial charge on any atom is 0.240 e. The lowest BCUT2D eigenvalue weighted by Gasteiger charge is -2.31. The minimum absolute atomic E-state index is 0.0232. The van der Waals surface area contributed by atoms with Crippen LogP contribution in [0.2, 0.25) is 0 Å². The smallest absolute Gasteiger partial charge is 0.240 e. The molecule has 20 heavy (non-hydrogen) atoms. The van der Waals surface area contributed by atoms with Crippen molar-refractivity contribution in [3.63, 3.8) is 0 Å². The summed E-state index contributed by atoms with van der Waals surface area (Å²) < 4.78 is 0. The third kappa shape index (κ3) is 3.36. The van der Waals surface area contributed by atoms with Crippen LogP contribution in [0.4, 0.5) is 0 Å². The highest BCUT2D eigenvalue weighted by Crippen LogP contribution is 2.38. The molecule has 0 atom stereocenters. The SMILES string of the molecule is NCC(=O)NCC(=O)NC1(c2ccccc2)CCCC1. The largest absolute Gasteiger partial charge is 0.346 e. The van der Waals surface area contributed by atoms with Gasteiger partial charge in [0.2, 0.25) is 11.8 Å². The summed E-state index contributed by atoms with van der Waals surface area (Å²) in [5.41, 5.74) is 6.04. The van der Waals surface area contributed by atoms with Crippen LogP contribution in [0.5, 0.6) is 0 Å². The lowest BCUT2D eigenvalue weighted by molar-refractivity contribution is -0.126. The predicted octanol–water partition coefficient (Wildman–Crippen LogP) is 0.647. The molecule has 5 nitrogen and oxygen atoms in total. The van der Waals surface area contributed by atoms with Crippen LogP contribution < -0.4 is 16.4 Å². The van der Waals surface area contributed by atoms with Crippen molar-refractivity contribution in [2.75, 3.05) is 13.1 Å². The highest BCUT2D eigenvalue weighted by atomic mass is 16.2. The number of amides is 2. The molecular weight excluding hydrogens is 254 g/mol. The van der Waals surface area contributed by atoms with E-state index in [1.54, 1.807) is 0 Å². The Labute approximate surface area is 118 Å². The van der Waals surface area contributed by atoms with Gasteiger partial charge in [0.05, 0.1) is 18.6 Å². The van der Waals surface area contributed by atoms with Gasteiger partial charge in [-0.3, -0.25) is 9.59 Å². The number of carbonyl (C=O) groups is 2. The van der Waals surface area contributed by atoms with Crippen LogP contribution in [-0.4, -0.2) is 24.9 Å². The fourth-order valence-corrected chi connectivity index (χ4v) is 2.78. The number of nitrogens with two attached hydrogens (primary N) is 1. The van der Waals surface area contributed by atoms with Gasteiger partial charge in [0.15, 0.2) is 0 Å². The van der Waals surface area contributed by atoms with Gasteiger partial charge in [0.25, 0.3) is 0 Å². The number of hydrogen-bond acceptors (Lipinski definition) is 3. The lowest BCUT2D eigenvalue weighted by atomic mass is 9.88. The van der Waals surface area contributed by atoms with Gasteiger partial charge in [-0.2, -0.15) is 0 Å². The zero-order valence-electron chi connectivity index (χ0n) is 11.5. The Morgan fingerprint density at radius 1 is 1.10 bits per heavy atom. The molecule has 0 unspecified atom stereocenters. The van der Waals surface area contributed by atoms with Crippen LogP contribution >= 0.6 is 0 Å². The van der Waals surface area contributed by atoms with E-state index in [1.807, 2.05) is 30.3 Å². The number of rotatable bonds is 5. The third-order valence-electron chi connectivity index (χ3n) is 3.79. The molecule has 2 rings (SSSR count). The van der Waals surface area contributed by atoms with Crippen LogP contribution in [-0.2, 0) is 15.1 Å². The van der Waals surface area contributed by atoms with E-state index in [1.165, 1.54) is 0 Å². The molecule has 0 bridgehead atoms. The summed E-state index contributed by atoms with van der Waals surface area (Å²) in [7, 11) is 0. The van der Waals surface area contributed by atoms with Gasteiger partial charge in [-0.05, 0) is 18.4 Å². The maximum atomic E-state index is 12.0. The van der Waals surface area contributed by atoms with Crippen molar-refractivity contribution in [1.82, 2.24) is 10.6 Å². The van der Waals surface area contributed by atoms with Crippen molar-refractivity contribution in [3.8, 4) is 0 Å². The van der Waals surface area contributed by atoms with Gasteiger partial charge >= 0.3 is 0 Å². The van der Waals surface area contributed by atoms with E-state index in [9.17, 15) is 9.59 Å². The summed E-state index contributed by atoms with van der Waals surface area (Å²) in [4.78, 5) is 23.1. The zero-order chi connectivity index (χ0) is 14.4. The lowest BCUT2D eigenvalue weighted by Crippen LogP contribution is -2.48. The van der Waals surface area contributed by atoms with Crippen molar-refractivity contribution in [3.05, 3.63) is 35.9 Å². The fourth-order valence-electron chi connectivity index (χ4n) is 2.78.